The molecule has 15 heteroatoms. The van der Waals surface area contributed by atoms with Crippen molar-refractivity contribution < 1.29 is 38.9 Å². The molecule has 1 aromatic heterocycles. The van der Waals surface area contributed by atoms with Crippen molar-refractivity contribution in [2.45, 2.75) is 49.0 Å². The number of carbonyl (C=O) groups excluding carboxylic acids is 4. The Labute approximate surface area is 411 Å². The Morgan fingerprint density at radius 2 is 1.46 bits per heavy atom. The summed E-state index contributed by atoms with van der Waals surface area (Å²) in [6.45, 7) is 2.35. The number of anilines is 2. The number of para-hydroxylation sites is 1. The van der Waals surface area contributed by atoms with Crippen molar-refractivity contribution in [1.29, 1.82) is 0 Å². The number of nitrogens with one attached hydrogen (secondary N) is 1. The minimum atomic E-state index is -2.06. The predicted molar refractivity (Wildman–Crippen MR) is 264 cm³/mol. The van der Waals surface area contributed by atoms with Crippen molar-refractivity contribution in [2.24, 2.45) is 5.92 Å². The maximum atomic E-state index is 16.8. The molecule has 10 rings (SSSR count). The largest absolute Gasteiger partial charge is 0.491 e. The highest BCUT2D eigenvalue weighted by molar-refractivity contribution is 6.24. The quantitative estimate of drug-likeness (QED) is 0.101. The lowest BCUT2D eigenvalue weighted by molar-refractivity contribution is -0.179. The summed E-state index contributed by atoms with van der Waals surface area (Å²) in [6.07, 6.45) is 2.56. The van der Waals surface area contributed by atoms with Gasteiger partial charge in [-0.25, -0.2) is 19.7 Å². The van der Waals surface area contributed by atoms with Crippen molar-refractivity contribution in [3.05, 3.63) is 185 Å². The molecule has 3 fully saturated rings. The number of aliphatic hydroxyl groups excluding tert-OH is 2. The lowest BCUT2D eigenvalue weighted by Gasteiger charge is -2.46. The van der Waals surface area contributed by atoms with E-state index in [9.17, 15) is 10.2 Å². The molecular formula is C56H53N7O8. The Morgan fingerprint density at radius 3 is 2.15 bits per heavy atom. The Hall–Kier alpha value is -7.90. The maximum Gasteiger partial charge on any atom is 0.329 e. The summed E-state index contributed by atoms with van der Waals surface area (Å²) in [4.78, 5) is 79.7. The standard InChI is InChI=1S/C56H53N7O8/c1-37(39-17-5-2-6-18-39)59-55(69)62-44-26-25-38(16-13-14-33-64)36-43(44)56(53(62)68)46(51(66)60-29-31-61(32-30-60)54-57-27-15-28-58-54)48-52(67)71-49(41-21-9-4-10-22-41)47(40-19-7-3-8-20-40)63(48)50(56)42-23-11-12-24-45(42)70-35-34-65/h2-12,15,17-28,36-37,46-50,64-65H,14,29-35H2,1H3,(H,59,69). The van der Waals surface area contributed by atoms with E-state index in [1.807, 2.05) is 120 Å². The fourth-order valence-electron chi connectivity index (χ4n) is 11.0. The number of rotatable bonds is 11. The van der Waals surface area contributed by atoms with Gasteiger partial charge in [-0.15, -0.1) is 0 Å². The van der Waals surface area contributed by atoms with Gasteiger partial charge >= 0.3 is 12.0 Å². The van der Waals surface area contributed by atoms with Crippen LogP contribution in [0.2, 0.25) is 0 Å². The normalized spacial score (nSPS) is 23.0. The molecule has 0 aliphatic carbocycles. The second-order valence-electron chi connectivity index (χ2n) is 18.0. The fraction of sp³-hybridized carbons (Fsp3) is 0.286. The van der Waals surface area contributed by atoms with Gasteiger partial charge in [-0.3, -0.25) is 19.3 Å². The number of morpholine rings is 1. The Kier molecular flexibility index (Phi) is 13.3. The van der Waals surface area contributed by atoms with Gasteiger partial charge in [0.15, 0.2) is 0 Å². The Balaban J connectivity index is 1.25. The zero-order chi connectivity index (χ0) is 49.1. The van der Waals surface area contributed by atoms with Crippen LogP contribution >= 0.6 is 0 Å². The maximum absolute atomic E-state index is 16.8. The minimum absolute atomic E-state index is 0.101. The number of nitrogens with zero attached hydrogens (tertiary/aromatic N) is 6. The van der Waals surface area contributed by atoms with Crippen molar-refractivity contribution in [3.8, 4) is 17.6 Å². The fourth-order valence-corrected chi connectivity index (χ4v) is 11.0. The number of imide groups is 1. The first-order chi connectivity index (χ1) is 34.8. The van der Waals surface area contributed by atoms with Crippen LogP contribution in [-0.2, 0) is 24.5 Å². The second-order valence-corrected chi connectivity index (χ2v) is 18.0. The number of amides is 4. The molecular weight excluding hydrogens is 899 g/mol. The number of aromatic nitrogens is 2. The molecule has 5 aromatic carbocycles. The molecule has 4 amide bonds. The highest BCUT2D eigenvalue weighted by atomic mass is 16.6. The number of urea groups is 1. The van der Waals surface area contributed by atoms with Crippen LogP contribution in [0, 0.1) is 17.8 Å². The monoisotopic (exact) mass is 951 g/mol. The van der Waals surface area contributed by atoms with E-state index < -0.39 is 65.4 Å². The van der Waals surface area contributed by atoms with Gasteiger partial charge in [0.05, 0.1) is 42.9 Å². The molecule has 0 bridgehead atoms. The van der Waals surface area contributed by atoms with Crippen molar-refractivity contribution >= 4 is 35.5 Å². The topological polar surface area (TPSA) is 178 Å². The molecule has 1 spiro atoms. The van der Waals surface area contributed by atoms with E-state index in [0.29, 0.717) is 47.0 Å². The van der Waals surface area contributed by atoms with Crippen LogP contribution in [0.15, 0.2) is 152 Å². The average molecular weight is 952 g/mol. The molecule has 4 aliphatic heterocycles. The third-order valence-electron chi connectivity index (χ3n) is 14.0. The molecule has 15 nitrogen and oxygen atoms in total. The van der Waals surface area contributed by atoms with Crippen LogP contribution in [-0.4, -0.2) is 106 Å². The number of hydrogen-bond acceptors (Lipinski definition) is 12. The van der Waals surface area contributed by atoms with E-state index in [2.05, 4.69) is 27.1 Å². The van der Waals surface area contributed by atoms with Gasteiger partial charge < -0.3 is 34.8 Å². The summed E-state index contributed by atoms with van der Waals surface area (Å²) in [5.74, 6) is 3.52. The van der Waals surface area contributed by atoms with Gasteiger partial charge in [0.25, 0.3) is 0 Å². The van der Waals surface area contributed by atoms with Crippen LogP contribution < -0.4 is 19.9 Å². The number of carbonyl (C=O) groups is 4. The number of hydrogen-bond donors (Lipinski definition) is 3. The highest BCUT2D eigenvalue weighted by Gasteiger charge is 2.76. The minimum Gasteiger partial charge on any atom is -0.491 e. The summed E-state index contributed by atoms with van der Waals surface area (Å²) in [5, 5.41) is 23.0. The molecule has 71 heavy (non-hydrogen) atoms. The number of benzene rings is 5. The van der Waals surface area contributed by atoms with Gasteiger partial charge in [-0.2, -0.15) is 0 Å². The average Bonchev–Trinajstić information content (AvgIpc) is 3.87. The summed E-state index contributed by atoms with van der Waals surface area (Å²) >= 11 is 0. The van der Waals surface area contributed by atoms with Crippen molar-refractivity contribution in [2.75, 3.05) is 55.8 Å². The third kappa shape index (κ3) is 8.43. The third-order valence-corrected chi connectivity index (χ3v) is 14.0. The molecule has 4 aliphatic rings. The van der Waals surface area contributed by atoms with E-state index >= 15 is 19.2 Å². The first kappa shape index (κ1) is 46.8. The highest BCUT2D eigenvalue weighted by Crippen LogP contribution is 2.67. The number of fused-ring (bicyclic) bond motifs is 3. The van der Waals surface area contributed by atoms with E-state index in [1.54, 1.807) is 53.7 Å². The SMILES string of the molecule is CC(NC(=O)N1C(=O)C2(c3cc(C#CCCO)ccc31)C(C(=O)N1CCN(c3ncccn3)CC1)C1C(=O)OC(c3ccccc3)C(c3ccccc3)N1C2c1ccccc1OCCO)c1ccccc1. The molecule has 3 saturated heterocycles. The molecule has 360 valence electrons. The summed E-state index contributed by atoms with van der Waals surface area (Å²) in [5.41, 5.74) is 1.62. The Bertz CT molecular complexity index is 2970. The van der Waals surface area contributed by atoms with E-state index in [1.165, 1.54) is 0 Å². The molecule has 0 radical (unpaired) electrons. The zero-order valence-corrected chi connectivity index (χ0v) is 39.1. The van der Waals surface area contributed by atoms with Crippen LogP contribution in [0.3, 0.4) is 0 Å². The first-order valence-corrected chi connectivity index (χ1v) is 23.9. The number of esters is 1. The predicted octanol–water partition coefficient (Wildman–Crippen LogP) is 6.07. The summed E-state index contributed by atoms with van der Waals surface area (Å²) in [6, 6.07) is 37.6. The number of piperazine rings is 1. The molecule has 5 heterocycles. The van der Waals surface area contributed by atoms with Crippen LogP contribution in [0.4, 0.5) is 16.4 Å². The first-order valence-electron chi connectivity index (χ1n) is 23.9. The van der Waals surface area contributed by atoms with Gasteiger partial charge in [0.2, 0.25) is 17.8 Å². The second kappa shape index (κ2) is 20.2. The van der Waals surface area contributed by atoms with Crippen LogP contribution in [0.1, 0.15) is 71.0 Å². The lowest BCUT2D eigenvalue weighted by atomic mass is 9.64. The molecule has 6 aromatic rings. The molecule has 0 saturated carbocycles. The van der Waals surface area contributed by atoms with Crippen LogP contribution in [0.5, 0.6) is 5.75 Å². The zero-order valence-electron chi connectivity index (χ0n) is 39.1. The van der Waals surface area contributed by atoms with Gasteiger partial charge in [-0.1, -0.05) is 121 Å². The van der Waals surface area contributed by atoms with E-state index in [4.69, 9.17) is 9.47 Å². The molecule has 3 N–H and O–H groups in total. The number of aliphatic hydroxyl groups is 2. The van der Waals surface area contributed by atoms with Crippen molar-refractivity contribution in [1.82, 2.24) is 25.1 Å². The summed E-state index contributed by atoms with van der Waals surface area (Å²) in [7, 11) is 0. The Morgan fingerprint density at radius 1 is 0.803 bits per heavy atom. The van der Waals surface area contributed by atoms with E-state index in [-0.39, 0.29) is 45.0 Å². The molecule has 7 atom stereocenters. The lowest BCUT2D eigenvalue weighted by Crippen LogP contribution is -2.59. The summed E-state index contributed by atoms with van der Waals surface area (Å²) < 4.78 is 13.0. The van der Waals surface area contributed by atoms with Crippen molar-refractivity contribution in [3.63, 3.8) is 0 Å². The van der Waals surface area contributed by atoms with E-state index in [0.717, 1.165) is 16.0 Å². The van der Waals surface area contributed by atoms with Crippen LogP contribution in [0.25, 0.3) is 0 Å². The molecule has 7 unspecified atom stereocenters. The van der Waals surface area contributed by atoms with Gasteiger partial charge in [0.1, 0.15) is 29.9 Å². The number of ether oxygens (including phenoxy) is 2. The van der Waals surface area contributed by atoms with Gasteiger partial charge in [0, 0.05) is 56.1 Å². The smallest absolute Gasteiger partial charge is 0.329 e. The number of cyclic esters (lactones) is 1. The van der Waals surface area contributed by atoms with Gasteiger partial charge in [-0.05, 0) is 59.5 Å².